The second kappa shape index (κ2) is 8.11. The molecule has 0 spiro atoms. The molecule has 0 radical (unpaired) electrons. The third-order valence-electron chi connectivity index (χ3n) is 4.93. The van der Waals surface area contributed by atoms with Crippen LogP contribution in [0.15, 0.2) is 48.5 Å². The SMILES string of the molecule is O=C(C=Cc1ccccc1N1CCN(C(=O)c2ccc3n[nH]nc3c2)CC1)NO. The molecular weight excluding hydrogens is 372 g/mol. The third kappa shape index (κ3) is 3.94. The summed E-state index contributed by atoms with van der Waals surface area (Å²) < 4.78 is 0. The summed E-state index contributed by atoms with van der Waals surface area (Å²) in [5.41, 5.74) is 5.42. The average molecular weight is 392 g/mol. The van der Waals surface area contributed by atoms with Gasteiger partial charge in [-0.05, 0) is 35.9 Å². The van der Waals surface area contributed by atoms with Crippen LogP contribution < -0.4 is 10.4 Å². The van der Waals surface area contributed by atoms with Crippen molar-refractivity contribution < 1.29 is 14.8 Å². The van der Waals surface area contributed by atoms with E-state index in [-0.39, 0.29) is 5.91 Å². The van der Waals surface area contributed by atoms with Crippen molar-refractivity contribution in [2.45, 2.75) is 0 Å². The van der Waals surface area contributed by atoms with E-state index in [0.29, 0.717) is 37.3 Å². The first-order chi connectivity index (χ1) is 14.2. The molecule has 3 aromatic rings. The number of anilines is 1. The molecular formula is C20H20N6O3. The monoisotopic (exact) mass is 392 g/mol. The fourth-order valence-corrected chi connectivity index (χ4v) is 3.43. The number of rotatable bonds is 4. The molecule has 2 heterocycles. The first kappa shape index (κ1) is 18.6. The fraction of sp³-hybridized carbons (Fsp3) is 0.200. The Labute approximate surface area is 166 Å². The van der Waals surface area contributed by atoms with Crippen LogP contribution in [0.4, 0.5) is 5.69 Å². The second-order valence-electron chi connectivity index (χ2n) is 6.67. The number of para-hydroxylation sites is 1. The Bertz CT molecular complexity index is 1070. The molecule has 9 heteroatoms. The number of carbonyl (C=O) groups is 2. The normalized spacial score (nSPS) is 14.5. The molecule has 0 unspecified atom stereocenters. The second-order valence-corrected chi connectivity index (χ2v) is 6.67. The molecule has 1 saturated heterocycles. The lowest BCUT2D eigenvalue weighted by atomic mass is 10.1. The van der Waals surface area contributed by atoms with Crippen molar-refractivity contribution >= 4 is 34.6 Å². The molecule has 2 aromatic carbocycles. The summed E-state index contributed by atoms with van der Waals surface area (Å²) in [4.78, 5) is 28.1. The van der Waals surface area contributed by atoms with Gasteiger partial charge < -0.3 is 9.80 Å². The number of amides is 2. The Morgan fingerprint density at radius 2 is 1.79 bits per heavy atom. The summed E-state index contributed by atoms with van der Waals surface area (Å²) in [5.74, 6) is -0.610. The summed E-state index contributed by atoms with van der Waals surface area (Å²) in [6, 6.07) is 13.0. The van der Waals surface area contributed by atoms with Gasteiger partial charge in [-0.3, -0.25) is 14.8 Å². The summed E-state index contributed by atoms with van der Waals surface area (Å²) in [6.45, 7) is 2.53. The largest absolute Gasteiger partial charge is 0.367 e. The number of nitrogens with one attached hydrogen (secondary N) is 2. The highest BCUT2D eigenvalue weighted by Crippen LogP contribution is 2.24. The Morgan fingerprint density at radius 1 is 1.03 bits per heavy atom. The van der Waals surface area contributed by atoms with Crippen molar-refractivity contribution in [2.24, 2.45) is 0 Å². The zero-order chi connectivity index (χ0) is 20.2. The summed E-state index contributed by atoms with van der Waals surface area (Å²) in [6.07, 6.45) is 2.93. The van der Waals surface area contributed by atoms with Gasteiger partial charge in [0, 0.05) is 43.5 Å². The van der Waals surface area contributed by atoms with E-state index in [4.69, 9.17) is 5.21 Å². The number of carbonyl (C=O) groups excluding carboxylic acids is 2. The lowest BCUT2D eigenvalue weighted by molar-refractivity contribution is -0.124. The van der Waals surface area contributed by atoms with Gasteiger partial charge in [0.1, 0.15) is 11.0 Å². The van der Waals surface area contributed by atoms with E-state index in [1.54, 1.807) is 29.8 Å². The number of hydrogen-bond acceptors (Lipinski definition) is 6. The van der Waals surface area contributed by atoms with Crippen LogP contribution in [0.5, 0.6) is 0 Å². The van der Waals surface area contributed by atoms with E-state index in [9.17, 15) is 9.59 Å². The van der Waals surface area contributed by atoms with Gasteiger partial charge in [-0.2, -0.15) is 15.4 Å². The maximum atomic E-state index is 12.9. The van der Waals surface area contributed by atoms with E-state index >= 15 is 0 Å². The van der Waals surface area contributed by atoms with Gasteiger partial charge in [0.25, 0.3) is 11.8 Å². The highest BCUT2D eigenvalue weighted by Gasteiger charge is 2.23. The quantitative estimate of drug-likeness (QED) is 0.352. The molecule has 1 aliphatic rings. The van der Waals surface area contributed by atoms with Gasteiger partial charge in [0.2, 0.25) is 0 Å². The Kier molecular flexibility index (Phi) is 5.21. The number of aromatic nitrogens is 3. The van der Waals surface area contributed by atoms with Crippen LogP contribution >= 0.6 is 0 Å². The third-order valence-corrected chi connectivity index (χ3v) is 4.93. The summed E-state index contributed by atoms with van der Waals surface area (Å²) >= 11 is 0. The predicted molar refractivity (Wildman–Crippen MR) is 107 cm³/mol. The zero-order valence-electron chi connectivity index (χ0n) is 15.6. The van der Waals surface area contributed by atoms with Gasteiger partial charge in [-0.1, -0.05) is 18.2 Å². The van der Waals surface area contributed by atoms with Gasteiger partial charge in [0.15, 0.2) is 0 Å². The number of hydroxylamine groups is 1. The van der Waals surface area contributed by atoms with E-state index in [0.717, 1.165) is 16.8 Å². The molecule has 1 fully saturated rings. The molecule has 148 valence electrons. The lowest BCUT2D eigenvalue weighted by Gasteiger charge is -2.36. The van der Waals surface area contributed by atoms with Crippen LogP contribution in [0.3, 0.4) is 0 Å². The highest BCUT2D eigenvalue weighted by molar-refractivity contribution is 5.97. The van der Waals surface area contributed by atoms with Crippen LogP contribution in [-0.4, -0.2) is 63.5 Å². The predicted octanol–water partition coefficient (Wildman–Crippen LogP) is 1.44. The van der Waals surface area contributed by atoms with E-state index in [2.05, 4.69) is 20.3 Å². The average Bonchev–Trinajstić information content (AvgIpc) is 3.25. The number of aromatic amines is 1. The highest BCUT2D eigenvalue weighted by atomic mass is 16.5. The zero-order valence-corrected chi connectivity index (χ0v) is 15.6. The van der Waals surface area contributed by atoms with Crippen molar-refractivity contribution in [1.29, 1.82) is 0 Å². The van der Waals surface area contributed by atoms with Crippen LogP contribution in [0.1, 0.15) is 15.9 Å². The molecule has 9 nitrogen and oxygen atoms in total. The molecule has 0 aliphatic carbocycles. The molecule has 4 rings (SSSR count). The molecule has 1 aliphatic heterocycles. The number of piperazine rings is 1. The first-order valence-corrected chi connectivity index (χ1v) is 9.21. The van der Waals surface area contributed by atoms with Crippen LogP contribution in [-0.2, 0) is 4.79 Å². The smallest absolute Gasteiger partial charge is 0.267 e. The number of H-pyrrole nitrogens is 1. The Balaban J connectivity index is 1.45. The van der Waals surface area contributed by atoms with Crippen LogP contribution in [0, 0.1) is 0 Å². The number of benzene rings is 2. The van der Waals surface area contributed by atoms with E-state index in [1.165, 1.54) is 6.08 Å². The van der Waals surface area contributed by atoms with Crippen LogP contribution in [0.25, 0.3) is 17.1 Å². The molecule has 0 saturated carbocycles. The van der Waals surface area contributed by atoms with Gasteiger partial charge in [0.05, 0.1) is 0 Å². The molecule has 1 aromatic heterocycles. The van der Waals surface area contributed by atoms with E-state index < -0.39 is 5.91 Å². The van der Waals surface area contributed by atoms with Crippen molar-refractivity contribution in [2.75, 3.05) is 31.1 Å². The number of nitrogens with zero attached hydrogens (tertiary/aromatic N) is 4. The summed E-state index contributed by atoms with van der Waals surface area (Å²) in [7, 11) is 0. The van der Waals surface area contributed by atoms with Crippen molar-refractivity contribution in [3.63, 3.8) is 0 Å². The minimum atomic E-state index is -0.584. The fourth-order valence-electron chi connectivity index (χ4n) is 3.43. The van der Waals surface area contributed by atoms with Gasteiger partial charge >= 0.3 is 0 Å². The van der Waals surface area contributed by atoms with Crippen molar-refractivity contribution in [3.8, 4) is 0 Å². The maximum absolute atomic E-state index is 12.9. The molecule has 3 N–H and O–H groups in total. The molecule has 2 amide bonds. The molecule has 29 heavy (non-hydrogen) atoms. The number of hydrogen-bond donors (Lipinski definition) is 3. The molecule has 0 atom stereocenters. The van der Waals surface area contributed by atoms with Gasteiger partial charge in [-0.25, -0.2) is 5.48 Å². The topological polar surface area (TPSA) is 114 Å². The Hall–Kier alpha value is -3.72. The lowest BCUT2D eigenvalue weighted by Crippen LogP contribution is -2.49. The minimum absolute atomic E-state index is 0.0256. The molecule has 0 bridgehead atoms. The first-order valence-electron chi connectivity index (χ1n) is 9.21. The van der Waals surface area contributed by atoms with Crippen LogP contribution in [0.2, 0.25) is 0 Å². The van der Waals surface area contributed by atoms with Gasteiger partial charge in [-0.15, -0.1) is 0 Å². The van der Waals surface area contributed by atoms with Crippen molar-refractivity contribution in [1.82, 2.24) is 25.8 Å². The Morgan fingerprint density at radius 3 is 2.59 bits per heavy atom. The number of fused-ring (bicyclic) bond motifs is 1. The standard InChI is InChI=1S/C20H20N6O3/c27-19(23-29)8-6-14-3-1-2-4-18(14)25-9-11-26(12-10-25)20(28)15-5-7-16-17(13-15)22-24-21-16/h1-8,13,29H,9-12H2,(H,23,27)(H,21,22,24). The van der Waals surface area contributed by atoms with Crippen molar-refractivity contribution in [3.05, 3.63) is 59.7 Å². The minimum Gasteiger partial charge on any atom is -0.367 e. The summed E-state index contributed by atoms with van der Waals surface area (Å²) in [5, 5.41) is 19.2. The maximum Gasteiger partial charge on any atom is 0.267 e. The van der Waals surface area contributed by atoms with E-state index in [1.807, 2.05) is 29.2 Å².